The maximum Gasteiger partial charge on any atom is 0.387 e. The molecule has 3 aromatic rings. The molecule has 116 valence electrons. The number of benzene rings is 2. The van der Waals surface area contributed by atoms with E-state index in [9.17, 15) is 8.78 Å². The lowest BCUT2D eigenvalue weighted by atomic mass is 10.2. The molecule has 0 bridgehead atoms. The number of anilines is 1. The number of para-hydroxylation sites is 1. The average Bonchev–Trinajstić information content (AvgIpc) is 2.56. The van der Waals surface area contributed by atoms with Crippen LogP contribution in [0.25, 0.3) is 10.8 Å². The SMILES string of the molecule is FC(F)Oc1ccccc1/C=N/Nc1nncc2ccccc12. The van der Waals surface area contributed by atoms with E-state index in [0.717, 1.165) is 10.8 Å². The minimum absolute atomic E-state index is 0.0528. The Kier molecular flexibility index (Phi) is 4.37. The van der Waals surface area contributed by atoms with Crippen LogP contribution >= 0.6 is 0 Å². The summed E-state index contributed by atoms with van der Waals surface area (Å²) in [6, 6.07) is 14.0. The molecule has 0 unspecified atom stereocenters. The number of fused-ring (bicyclic) bond motifs is 1. The zero-order valence-corrected chi connectivity index (χ0v) is 11.9. The minimum atomic E-state index is -2.89. The van der Waals surface area contributed by atoms with Gasteiger partial charge < -0.3 is 4.74 Å². The molecule has 7 heteroatoms. The quantitative estimate of drug-likeness (QED) is 0.576. The van der Waals surface area contributed by atoms with Crippen molar-refractivity contribution in [2.24, 2.45) is 5.10 Å². The van der Waals surface area contributed by atoms with E-state index in [1.54, 1.807) is 24.4 Å². The number of aromatic nitrogens is 2. The minimum Gasteiger partial charge on any atom is -0.434 e. The number of ether oxygens (including phenoxy) is 1. The van der Waals surface area contributed by atoms with E-state index >= 15 is 0 Å². The number of halogens is 2. The Morgan fingerprint density at radius 1 is 1.09 bits per heavy atom. The lowest BCUT2D eigenvalue weighted by Crippen LogP contribution is -2.04. The van der Waals surface area contributed by atoms with E-state index in [0.29, 0.717) is 11.4 Å². The van der Waals surface area contributed by atoms with Crippen LogP contribution in [0, 0.1) is 0 Å². The van der Waals surface area contributed by atoms with Crippen LogP contribution in [0.1, 0.15) is 5.56 Å². The van der Waals surface area contributed by atoms with E-state index in [1.807, 2.05) is 24.3 Å². The molecule has 0 atom stereocenters. The van der Waals surface area contributed by atoms with Gasteiger partial charge in [0.05, 0.1) is 12.4 Å². The van der Waals surface area contributed by atoms with Gasteiger partial charge in [-0.15, -0.1) is 5.10 Å². The van der Waals surface area contributed by atoms with Gasteiger partial charge in [-0.2, -0.15) is 19.0 Å². The third-order valence-electron chi connectivity index (χ3n) is 3.08. The first-order valence-electron chi connectivity index (χ1n) is 6.77. The van der Waals surface area contributed by atoms with Gasteiger partial charge in [-0.25, -0.2) is 0 Å². The van der Waals surface area contributed by atoms with Crippen molar-refractivity contribution in [1.29, 1.82) is 0 Å². The van der Waals surface area contributed by atoms with Gasteiger partial charge in [0.2, 0.25) is 0 Å². The second-order valence-electron chi connectivity index (χ2n) is 4.57. The van der Waals surface area contributed by atoms with Crippen molar-refractivity contribution >= 4 is 22.8 Å². The van der Waals surface area contributed by atoms with E-state index in [1.165, 1.54) is 12.3 Å². The molecule has 1 heterocycles. The molecular formula is C16H12F2N4O. The highest BCUT2D eigenvalue weighted by atomic mass is 19.3. The first-order chi connectivity index (χ1) is 11.2. The topological polar surface area (TPSA) is 59.4 Å². The fraction of sp³-hybridized carbons (Fsp3) is 0.0625. The normalized spacial score (nSPS) is 11.3. The fourth-order valence-corrected chi connectivity index (χ4v) is 2.06. The molecule has 0 radical (unpaired) electrons. The fourth-order valence-electron chi connectivity index (χ4n) is 2.06. The Bertz CT molecular complexity index is 834. The molecule has 23 heavy (non-hydrogen) atoms. The lowest BCUT2D eigenvalue weighted by molar-refractivity contribution is -0.0499. The van der Waals surface area contributed by atoms with Crippen molar-refractivity contribution in [1.82, 2.24) is 10.2 Å². The standard InChI is InChI=1S/C16H12F2N4O/c17-16(18)23-14-8-4-2-6-12(14)10-20-22-15-13-7-3-1-5-11(13)9-19-21-15/h1-10,16H,(H,21,22)/b20-10+. The van der Waals surface area contributed by atoms with Crippen LogP contribution in [0.4, 0.5) is 14.6 Å². The largest absolute Gasteiger partial charge is 0.434 e. The maximum atomic E-state index is 12.4. The Morgan fingerprint density at radius 3 is 2.74 bits per heavy atom. The van der Waals surface area contributed by atoms with Crippen LogP contribution in [-0.2, 0) is 0 Å². The molecule has 0 amide bonds. The zero-order chi connectivity index (χ0) is 16.1. The Morgan fingerprint density at radius 2 is 1.87 bits per heavy atom. The van der Waals surface area contributed by atoms with Crippen LogP contribution in [0.2, 0.25) is 0 Å². The molecule has 0 fully saturated rings. The molecule has 3 rings (SSSR count). The third-order valence-corrected chi connectivity index (χ3v) is 3.08. The molecule has 1 aromatic heterocycles. The van der Waals surface area contributed by atoms with Crippen LogP contribution in [0.3, 0.4) is 0 Å². The van der Waals surface area contributed by atoms with Gasteiger partial charge in [0.15, 0.2) is 5.82 Å². The molecule has 0 aliphatic rings. The second kappa shape index (κ2) is 6.78. The molecule has 0 saturated heterocycles. The number of nitrogens with one attached hydrogen (secondary N) is 1. The molecular weight excluding hydrogens is 302 g/mol. The van der Waals surface area contributed by atoms with Crippen LogP contribution in [0.5, 0.6) is 5.75 Å². The highest BCUT2D eigenvalue weighted by Crippen LogP contribution is 2.20. The molecule has 0 aliphatic carbocycles. The van der Waals surface area contributed by atoms with Crippen molar-refractivity contribution < 1.29 is 13.5 Å². The molecule has 5 nitrogen and oxygen atoms in total. The van der Waals surface area contributed by atoms with Crippen LogP contribution < -0.4 is 10.2 Å². The first kappa shape index (κ1) is 14.8. The van der Waals surface area contributed by atoms with E-state index < -0.39 is 6.61 Å². The van der Waals surface area contributed by atoms with Crippen molar-refractivity contribution in [3.05, 3.63) is 60.3 Å². The maximum absolute atomic E-state index is 12.4. The van der Waals surface area contributed by atoms with Crippen molar-refractivity contribution in [3.63, 3.8) is 0 Å². The summed E-state index contributed by atoms with van der Waals surface area (Å²) in [4.78, 5) is 0. The van der Waals surface area contributed by atoms with Gasteiger partial charge in [-0.1, -0.05) is 36.4 Å². The summed E-state index contributed by atoms with van der Waals surface area (Å²) < 4.78 is 29.2. The van der Waals surface area contributed by atoms with Gasteiger partial charge in [0.25, 0.3) is 0 Å². The highest BCUT2D eigenvalue weighted by molar-refractivity contribution is 5.91. The Balaban J connectivity index is 1.81. The van der Waals surface area contributed by atoms with Crippen LogP contribution in [-0.4, -0.2) is 23.0 Å². The predicted molar refractivity (Wildman–Crippen MR) is 83.8 cm³/mol. The van der Waals surface area contributed by atoms with Gasteiger partial charge in [0.1, 0.15) is 5.75 Å². The summed E-state index contributed by atoms with van der Waals surface area (Å²) in [5.74, 6) is 0.531. The van der Waals surface area contributed by atoms with Crippen molar-refractivity contribution in [2.75, 3.05) is 5.43 Å². The van der Waals surface area contributed by atoms with Crippen molar-refractivity contribution in [3.8, 4) is 5.75 Å². The lowest BCUT2D eigenvalue weighted by Gasteiger charge is -2.07. The molecule has 2 aromatic carbocycles. The number of hydrazone groups is 1. The van der Waals surface area contributed by atoms with E-state index in [2.05, 4.69) is 25.5 Å². The summed E-state index contributed by atoms with van der Waals surface area (Å²) in [6.07, 6.45) is 3.04. The smallest absolute Gasteiger partial charge is 0.387 e. The summed E-state index contributed by atoms with van der Waals surface area (Å²) >= 11 is 0. The van der Waals surface area contributed by atoms with E-state index in [4.69, 9.17) is 0 Å². The number of rotatable bonds is 5. The molecule has 0 spiro atoms. The molecule has 1 N–H and O–H groups in total. The number of nitrogens with zero attached hydrogens (tertiary/aromatic N) is 3. The van der Waals surface area contributed by atoms with Gasteiger partial charge >= 0.3 is 6.61 Å². The first-order valence-corrected chi connectivity index (χ1v) is 6.77. The summed E-state index contributed by atoms with van der Waals surface area (Å²) in [7, 11) is 0. The third kappa shape index (κ3) is 3.57. The predicted octanol–water partition coefficient (Wildman–Crippen LogP) is 3.68. The molecule has 0 aliphatic heterocycles. The average molecular weight is 314 g/mol. The monoisotopic (exact) mass is 314 g/mol. The molecule has 0 saturated carbocycles. The number of hydrogen-bond donors (Lipinski definition) is 1. The number of alkyl halides is 2. The van der Waals surface area contributed by atoms with Gasteiger partial charge in [-0.05, 0) is 12.1 Å². The highest BCUT2D eigenvalue weighted by Gasteiger charge is 2.07. The second-order valence-corrected chi connectivity index (χ2v) is 4.57. The Labute approximate surface area is 130 Å². The number of hydrogen-bond acceptors (Lipinski definition) is 5. The van der Waals surface area contributed by atoms with Gasteiger partial charge in [-0.3, -0.25) is 5.43 Å². The Hall–Kier alpha value is -3.09. The van der Waals surface area contributed by atoms with Gasteiger partial charge in [0, 0.05) is 16.3 Å². The van der Waals surface area contributed by atoms with Crippen LogP contribution in [0.15, 0.2) is 59.8 Å². The summed E-state index contributed by atoms with van der Waals surface area (Å²) in [5, 5.41) is 13.7. The summed E-state index contributed by atoms with van der Waals surface area (Å²) in [5.41, 5.74) is 3.19. The van der Waals surface area contributed by atoms with Crippen molar-refractivity contribution in [2.45, 2.75) is 6.61 Å². The van der Waals surface area contributed by atoms with E-state index in [-0.39, 0.29) is 5.75 Å². The summed E-state index contributed by atoms with van der Waals surface area (Å²) in [6.45, 7) is -2.89. The zero-order valence-electron chi connectivity index (χ0n) is 11.9.